The number of likely N-dealkylation sites (tertiary alicyclic amines) is 1. The van der Waals surface area contributed by atoms with Gasteiger partial charge in [-0.1, -0.05) is 18.6 Å². The van der Waals surface area contributed by atoms with Gasteiger partial charge >= 0.3 is 0 Å². The maximum atomic E-state index is 6.12. The van der Waals surface area contributed by atoms with Crippen LogP contribution in [0, 0.1) is 0 Å². The summed E-state index contributed by atoms with van der Waals surface area (Å²) in [6.07, 6.45) is 7.06. The van der Waals surface area contributed by atoms with Gasteiger partial charge in [0.2, 0.25) is 6.79 Å². The summed E-state index contributed by atoms with van der Waals surface area (Å²) >= 11 is 0. The van der Waals surface area contributed by atoms with Crippen molar-refractivity contribution >= 4 is 32.4 Å². The molecule has 0 saturated carbocycles. The molecule has 1 saturated heterocycles. The van der Waals surface area contributed by atoms with Crippen molar-refractivity contribution in [2.24, 2.45) is 0 Å². The summed E-state index contributed by atoms with van der Waals surface area (Å²) in [7, 11) is 0. The number of pyridine rings is 1. The molecule has 3 aromatic carbocycles. The zero-order valence-corrected chi connectivity index (χ0v) is 17.6. The van der Waals surface area contributed by atoms with Gasteiger partial charge in [-0.2, -0.15) is 0 Å². The van der Waals surface area contributed by atoms with Crippen molar-refractivity contribution in [2.75, 3.05) is 33.0 Å². The van der Waals surface area contributed by atoms with E-state index in [9.17, 15) is 0 Å². The molecule has 6 rings (SSSR count). The van der Waals surface area contributed by atoms with Crippen LogP contribution in [0.25, 0.3) is 32.4 Å². The van der Waals surface area contributed by atoms with Crippen molar-refractivity contribution in [1.29, 1.82) is 0 Å². The monoisotopic (exact) mass is 414 g/mol. The lowest BCUT2D eigenvalue weighted by Gasteiger charge is -2.26. The Bertz CT molecular complexity index is 1260. The predicted molar refractivity (Wildman–Crippen MR) is 123 cm³/mol. The summed E-state index contributed by atoms with van der Waals surface area (Å²) in [5, 5.41) is 5.60. The van der Waals surface area contributed by atoms with Gasteiger partial charge < -0.3 is 19.1 Å². The first kappa shape index (κ1) is 18.7. The fraction of sp³-hybridized carbons (Fsp3) is 0.346. The Balaban J connectivity index is 1.28. The highest BCUT2D eigenvalue weighted by Crippen LogP contribution is 2.39. The first-order chi connectivity index (χ1) is 15.3. The highest BCUT2D eigenvalue weighted by atomic mass is 16.7. The number of aromatic nitrogens is 1. The van der Waals surface area contributed by atoms with Crippen LogP contribution in [0.15, 0.2) is 48.7 Å². The standard InChI is InChI=1S/C26H26N2O3/c1-2-9-28(10-3-1)11-4-12-29-20-7-5-19-16-27-26-21(22(19)14-20)8-6-18-13-24-25(15-23(18)26)31-17-30-24/h5-8,13-16H,1-4,9-12,17H2. The summed E-state index contributed by atoms with van der Waals surface area (Å²) in [6, 6.07) is 14.7. The largest absolute Gasteiger partial charge is 0.494 e. The van der Waals surface area contributed by atoms with Gasteiger partial charge in [-0.05, 0) is 73.5 Å². The Hall–Kier alpha value is -3.05. The summed E-state index contributed by atoms with van der Waals surface area (Å²) in [5.74, 6) is 2.50. The SMILES string of the molecule is c1cc2cnc3c4cc5c(cc4ccc3c2cc1OCCCN1CCCCC1)OCO5. The van der Waals surface area contributed by atoms with Gasteiger partial charge in [0, 0.05) is 28.9 Å². The fourth-order valence-electron chi connectivity index (χ4n) is 4.82. The third-order valence-electron chi connectivity index (χ3n) is 6.47. The number of fused-ring (bicyclic) bond motifs is 6. The van der Waals surface area contributed by atoms with E-state index in [1.807, 2.05) is 18.3 Å². The summed E-state index contributed by atoms with van der Waals surface area (Å²) in [6.45, 7) is 4.63. The van der Waals surface area contributed by atoms with E-state index in [1.54, 1.807) is 0 Å². The second-order valence-corrected chi connectivity index (χ2v) is 8.50. The minimum Gasteiger partial charge on any atom is -0.494 e. The molecule has 0 bridgehead atoms. The Morgan fingerprint density at radius 1 is 0.839 bits per heavy atom. The maximum absolute atomic E-state index is 6.12. The van der Waals surface area contributed by atoms with Crippen LogP contribution >= 0.6 is 0 Å². The molecule has 31 heavy (non-hydrogen) atoms. The molecular weight excluding hydrogens is 388 g/mol. The van der Waals surface area contributed by atoms with Crippen LogP contribution in [0.3, 0.4) is 0 Å². The second-order valence-electron chi connectivity index (χ2n) is 8.50. The van der Waals surface area contributed by atoms with Crippen molar-refractivity contribution in [3.05, 3.63) is 48.7 Å². The average molecular weight is 415 g/mol. The third-order valence-corrected chi connectivity index (χ3v) is 6.47. The molecule has 5 heteroatoms. The van der Waals surface area contributed by atoms with Crippen molar-refractivity contribution < 1.29 is 14.2 Å². The molecule has 0 unspecified atom stereocenters. The molecule has 2 aliphatic rings. The molecular formula is C26H26N2O3. The molecule has 0 amide bonds. The van der Waals surface area contributed by atoms with Crippen LogP contribution in [0.2, 0.25) is 0 Å². The number of hydrogen-bond acceptors (Lipinski definition) is 5. The van der Waals surface area contributed by atoms with E-state index >= 15 is 0 Å². The smallest absolute Gasteiger partial charge is 0.231 e. The number of ether oxygens (including phenoxy) is 3. The van der Waals surface area contributed by atoms with E-state index in [1.165, 1.54) is 32.4 Å². The van der Waals surface area contributed by atoms with E-state index in [0.717, 1.165) is 69.3 Å². The summed E-state index contributed by atoms with van der Waals surface area (Å²) in [4.78, 5) is 7.34. The first-order valence-electron chi connectivity index (χ1n) is 11.3. The van der Waals surface area contributed by atoms with Crippen LogP contribution in [-0.2, 0) is 0 Å². The van der Waals surface area contributed by atoms with Crippen LogP contribution < -0.4 is 14.2 Å². The van der Waals surface area contributed by atoms with Gasteiger partial charge in [-0.15, -0.1) is 0 Å². The third kappa shape index (κ3) is 3.53. The Labute approximate surface area is 181 Å². The molecule has 1 fully saturated rings. The van der Waals surface area contributed by atoms with Crippen molar-refractivity contribution in [3.8, 4) is 17.2 Å². The van der Waals surface area contributed by atoms with E-state index in [-0.39, 0.29) is 6.79 Å². The van der Waals surface area contributed by atoms with E-state index in [4.69, 9.17) is 19.2 Å². The van der Waals surface area contributed by atoms with Gasteiger partial charge in [-0.3, -0.25) is 4.98 Å². The number of piperidine rings is 1. The molecule has 158 valence electrons. The topological polar surface area (TPSA) is 43.8 Å². The lowest BCUT2D eigenvalue weighted by molar-refractivity contribution is 0.174. The lowest BCUT2D eigenvalue weighted by Crippen LogP contribution is -2.31. The van der Waals surface area contributed by atoms with E-state index in [2.05, 4.69) is 35.2 Å². The number of benzene rings is 3. The van der Waals surface area contributed by atoms with Crippen LogP contribution in [0.1, 0.15) is 25.7 Å². The van der Waals surface area contributed by atoms with Crippen LogP contribution in [0.4, 0.5) is 0 Å². The van der Waals surface area contributed by atoms with E-state index < -0.39 is 0 Å². The molecule has 0 radical (unpaired) electrons. The number of hydrogen-bond donors (Lipinski definition) is 0. The number of rotatable bonds is 5. The zero-order chi connectivity index (χ0) is 20.6. The molecule has 0 spiro atoms. The molecule has 2 aliphatic heterocycles. The molecule has 4 aromatic rings. The number of nitrogens with zero attached hydrogens (tertiary/aromatic N) is 2. The van der Waals surface area contributed by atoms with Crippen molar-refractivity contribution in [3.63, 3.8) is 0 Å². The minimum absolute atomic E-state index is 0.276. The van der Waals surface area contributed by atoms with Crippen molar-refractivity contribution in [1.82, 2.24) is 9.88 Å². The normalized spacial score (nSPS) is 16.4. The van der Waals surface area contributed by atoms with E-state index in [0.29, 0.717) is 0 Å². The molecule has 3 heterocycles. The predicted octanol–water partition coefficient (Wildman–Crippen LogP) is 5.52. The minimum atomic E-state index is 0.276. The summed E-state index contributed by atoms with van der Waals surface area (Å²) in [5.41, 5.74) is 0.977. The highest BCUT2D eigenvalue weighted by Gasteiger charge is 2.16. The molecule has 1 aromatic heterocycles. The Kier molecular flexibility index (Phi) is 4.76. The average Bonchev–Trinajstić information content (AvgIpc) is 3.28. The van der Waals surface area contributed by atoms with Gasteiger partial charge in [0.25, 0.3) is 0 Å². The Morgan fingerprint density at radius 3 is 2.58 bits per heavy atom. The molecule has 0 atom stereocenters. The van der Waals surface area contributed by atoms with Gasteiger partial charge in [0.1, 0.15) is 5.75 Å². The molecule has 0 aliphatic carbocycles. The van der Waals surface area contributed by atoms with Crippen LogP contribution in [0.5, 0.6) is 17.2 Å². The van der Waals surface area contributed by atoms with Gasteiger partial charge in [-0.25, -0.2) is 0 Å². The molecule has 0 N–H and O–H groups in total. The lowest BCUT2D eigenvalue weighted by atomic mass is 10.0. The van der Waals surface area contributed by atoms with Crippen LogP contribution in [-0.4, -0.2) is 42.9 Å². The van der Waals surface area contributed by atoms with Gasteiger partial charge in [0.15, 0.2) is 11.5 Å². The first-order valence-corrected chi connectivity index (χ1v) is 11.3. The quantitative estimate of drug-likeness (QED) is 0.318. The molecule has 5 nitrogen and oxygen atoms in total. The maximum Gasteiger partial charge on any atom is 0.231 e. The van der Waals surface area contributed by atoms with Gasteiger partial charge in [0.05, 0.1) is 12.1 Å². The second kappa shape index (κ2) is 7.89. The highest BCUT2D eigenvalue weighted by molar-refractivity contribution is 6.15. The Morgan fingerprint density at radius 2 is 1.68 bits per heavy atom. The fourth-order valence-corrected chi connectivity index (χ4v) is 4.82. The zero-order valence-electron chi connectivity index (χ0n) is 17.6. The summed E-state index contributed by atoms with van der Waals surface area (Å²) < 4.78 is 17.2. The van der Waals surface area contributed by atoms with Crippen molar-refractivity contribution in [2.45, 2.75) is 25.7 Å².